The van der Waals surface area contributed by atoms with Crippen LogP contribution in [0.1, 0.15) is 49.2 Å². The molecule has 2 rings (SSSR count). The zero-order chi connectivity index (χ0) is 15.2. The van der Waals surface area contributed by atoms with Gasteiger partial charge in [0.2, 0.25) is 0 Å². The molecule has 4 heteroatoms. The van der Waals surface area contributed by atoms with E-state index in [1.807, 2.05) is 17.2 Å². The largest absolute Gasteiger partial charge is 0.384 e. The Bertz CT molecular complexity index is 453. The van der Waals surface area contributed by atoms with E-state index >= 15 is 0 Å². The number of aromatic amines is 1. The first-order chi connectivity index (χ1) is 10.1. The number of hydrogen-bond donors (Lipinski definition) is 1. The molecule has 0 aromatic carbocycles. The van der Waals surface area contributed by atoms with Gasteiger partial charge in [0.25, 0.3) is 5.91 Å². The zero-order valence-corrected chi connectivity index (χ0v) is 13.5. The SMILES string of the molecule is COCC1CCCN(C(=O)c2cc(CC(C)C)c[nH]2)CC1. The number of nitrogens with zero attached hydrogens (tertiary/aromatic N) is 1. The van der Waals surface area contributed by atoms with Gasteiger partial charge in [0, 0.05) is 33.0 Å². The summed E-state index contributed by atoms with van der Waals surface area (Å²) in [6.45, 7) is 6.89. The van der Waals surface area contributed by atoms with E-state index in [9.17, 15) is 4.79 Å². The fourth-order valence-corrected chi connectivity index (χ4v) is 3.09. The van der Waals surface area contributed by atoms with Gasteiger partial charge in [-0.05, 0) is 49.1 Å². The Labute approximate surface area is 127 Å². The van der Waals surface area contributed by atoms with Gasteiger partial charge in [-0.15, -0.1) is 0 Å². The maximum absolute atomic E-state index is 12.6. The van der Waals surface area contributed by atoms with Crippen molar-refractivity contribution in [2.24, 2.45) is 11.8 Å². The maximum Gasteiger partial charge on any atom is 0.270 e. The van der Waals surface area contributed by atoms with Gasteiger partial charge < -0.3 is 14.6 Å². The number of carbonyl (C=O) groups is 1. The van der Waals surface area contributed by atoms with E-state index in [1.165, 1.54) is 5.56 Å². The molecule has 21 heavy (non-hydrogen) atoms. The molecule has 0 bridgehead atoms. The Balaban J connectivity index is 1.94. The molecule has 0 radical (unpaired) electrons. The number of hydrogen-bond acceptors (Lipinski definition) is 2. The van der Waals surface area contributed by atoms with Crippen LogP contribution in [0, 0.1) is 11.8 Å². The number of carbonyl (C=O) groups excluding carboxylic acids is 1. The van der Waals surface area contributed by atoms with Crippen molar-refractivity contribution in [3.63, 3.8) is 0 Å². The standard InChI is InChI=1S/C17H28N2O2/c1-13(2)9-15-10-16(18-11-15)17(20)19-7-4-5-14(6-8-19)12-21-3/h10-11,13-14,18H,4-9,12H2,1-3H3. The third-order valence-electron chi connectivity index (χ3n) is 4.15. The fourth-order valence-electron chi connectivity index (χ4n) is 3.09. The molecule has 0 spiro atoms. The van der Waals surface area contributed by atoms with Gasteiger partial charge in [0.05, 0.1) is 0 Å². The van der Waals surface area contributed by atoms with Gasteiger partial charge >= 0.3 is 0 Å². The summed E-state index contributed by atoms with van der Waals surface area (Å²) >= 11 is 0. The monoisotopic (exact) mass is 292 g/mol. The third kappa shape index (κ3) is 4.60. The molecule has 1 N–H and O–H groups in total. The van der Waals surface area contributed by atoms with E-state index in [0.717, 1.165) is 51.1 Å². The molecular weight excluding hydrogens is 264 g/mol. The van der Waals surface area contributed by atoms with Crippen LogP contribution in [0.2, 0.25) is 0 Å². The number of H-pyrrole nitrogens is 1. The molecule has 1 amide bonds. The van der Waals surface area contributed by atoms with Crippen LogP contribution in [-0.2, 0) is 11.2 Å². The molecule has 118 valence electrons. The quantitative estimate of drug-likeness (QED) is 0.906. The Morgan fingerprint density at radius 2 is 2.24 bits per heavy atom. The smallest absolute Gasteiger partial charge is 0.270 e. The number of methoxy groups -OCH3 is 1. The Hall–Kier alpha value is -1.29. The van der Waals surface area contributed by atoms with Crippen molar-refractivity contribution >= 4 is 5.91 Å². The summed E-state index contributed by atoms with van der Waals surface area (Å²) in [7, 11) is 1.75. The Morgan fingerprint density at radius 3 is 2.95 bits per heavy atom. The molecule has 0 aliphatic carbocycles. The molecule has 2 heterocycles. The summed E-state index contributed by atoms with van der Waals surface area (Å²) in [4.78, 5) is 17.7. The number of likely N-dealkylation sites (tertiary alicyclic amines) is 1. The fraction of sp³-hybridized carbons (Fsp3) is 0.706. The lowest BCUT2D eigenvalue weighted by Gasteiger charge is -2.19. The summed E-state index contributed by atoms with van der Waals surface area (Å²) in [5.41, 5.74) is 1.95. The number of nitrogens with one attached hydrogen (secondary N) is 1. The van der Waals surface area contributed by atoms with Crippen LogP contribution in [-0.4, -0.2) is 42.6 Å². The molecule has 1 aliphatic heterocycles. The highest BCUT2D eigenvalue weighted by atomic mass is 16.5. The second-order valence-corrected chi connectivity index (χ2v) is 6.56. The van der Waals surface area contributed by atoms with Crippen molar-refractivity contribution in [2.45, 2.75) is 39.5 Å². The second-order valence-electron chi connectivity index (χ2n) is 6.56. The lowest BCUT2D eigenvalue weighted by atomic mass is 10.0. The first-order valence-electron chi connectivity index (χ1n) is 8.05. The molecule has 1 unspecified atom stereocenters. The lowest BCUT2D eigenvalue weighted by molar-refractivity contribution is 0.0750. The highest BCUT2D eigenvalue weighted by Crippen LogP contribution is 2.19. The van der Waals surface area contributed by atoms with Gasteiger partial charge in [-0.25, -0.2) is 0 Å². The van der Waals surface area contributed by atoms with E-state index in [4.69, 9.17) is 4.74 Å². The maximum atomic E-state index is 12.6. The topological polar surface area (TPSA) is 45.3 Å². The van der Waals surface area contributed by atoms with E-state index in [0.29, 0.717) is 11.8 Å². The van der Waals surface area contributed by atoms with Crippen molar-refractivity contribution in [3.8, 4) is 0 Å². The van der Waals surface area contributed by atoms with Crippen LogP contribution in [0.3, 0.4) is 0 Å². The first kappa shape index (κ1) is 16.1. The third-order valence-corrected chi connectivity index (χ3v) is 4.15. The molecule has 0 saturated carbocycles. The van der Waals surface area contributed by atoms with Crippen molar-refractivity contribution < 1.29 is 9.53 Å². The van der Waals surface area contributed by atoms with Crippen molar-refractivity contribution in [2.75, 3.05) is 26.8 Å². The zero-order valence-electron chi connectivity index (χ0n) is 13.5. The molecule has 1 atom stereocenters. The summed E-state index contributed by atoms with van der Waals surface area (Å²) in [6, 6.07) is 2.01. The van der Waals surface area contributed by atoms with Gasteiger partial charge in [-0.2, -0.15) is 0 Å². The van der Waals surface area contributed by atoms with Gasteiger partial charge in [0.1, 0.15) is 5.69 Å². The summed E-state index contributed by atoms with van der Waals surface area (Å²) in [5, 5.41) is 0. The van der Waals surface area contributed by atoms with E-state index in [2.05, 4.69) is 18.8 Å². The predicted molar refractivity (Wildman–Crippen MR) is 84.5 cm³/mol. The molecule has 1 aromatic rings. The summed E-state index contributed by atoms with van der Waals surface area (Å²) in [6.07, 6.45) is 6.25. The lowest BCUT2D eigenvalue weighted by Crippen LogP contribution is -2.32. The molecule has 1 fully saturated rings. The molecule has 1 aromatic heterocycles. The molecule has 4 nitrogen and oxygen atoms in total. The van der Waals surface area contributed by atoms with E-state index in [-0.39, 0.29) is 5.91 Å². The molecule has 1 aliphatic rings. The highest BCUT2D eigenvalue weighted by Gasteiger charge is 2.22. The minimum Gasteiger partial charge on any atom is -0.384 e. The normalized spacial score (nSPS) is 19.8. The summed E-state index contributed by atoms with van der Waals surface area (Å²) in [5.74, 6) is 1.34. The van der Waals surface area contributed by atoms with Crippen molar-refractivity contribution in [1.29, 1.82) is 0 Å². The average Bonchev–Trinajstić information content (AvgIpc) is 2.76. The van der Waals surface area contributed by atoms with Crippen LogP contribution in [0.15, 0.2) is 12.3 Å². The predicted octanol–water partition coefficient (Wildman–Crippen LogP) is 3.10. The minimum absolute atomic E-state index is 0.142. The van der Waals surface area contributed by atoms with Crippen LogP contribution in [0.4, 0.5) is 0 Å². The number of rotatable bonds is 5. The van der Waals surface area contributed by atoms with Crippen LogP contribution < -0.4 is 0 Å². The summed E-state index contributed by atoms with van der Waals surface area (Å²) < 4.78 is 5.25. The number of aromatic nitrogens is 1. The minimum atomic E-state index is 0.142. The second kappa shape index (κ2) is 7.64. The number of ether oxygens (including phenoxy) is 1. The molecule has 1 saturated heterocycles. The van der Waals surface area contributed by atoms with Crippen LogP contribution in [0.5, 0.6) is 0 Å². The van der Waals surface area contributed by atoms with E-state index < -0.39 is 0 Å². The number of amides is 1. The Morgan fingerprint density at radius 1 is 1.43 bits per heavy atom. The van der Waals surface area contributed by atoms with Crippen LogP contribution in [0.25, 0.3) is 0 Å². The van der Waals surface area contributed by atoms with Gasteiger partial charge in [0.15, 0.2) is 0 Å². The highest BCUT2D eigenvalue weighted by molar-refractivity contribution is 5.92. The van der Waals surface area contributed by atoms with Crippen LogP contribution >= 0.6 is 0 Å². The first-order valence-corrected chi connectivity index (χ1v) is 8.05. The average molecular weight is 292 g/mol. The van der Waals surface area contributed by atoms with Crippen molar-refractivity contribution in [3.05, 3.63) is 23.5 Å². The van der Waals surface area contributed by atoms with E-state index in [1.54, 1.807) is 7.11 Å². The van der Waals surface area contributed by atoms with Crippen molar-refractivity contribution in [1.82, 2.24) is 9.88 Å². The van der Waals surface area contributed by atoms with Gasteiger partial charge in [-0.1, -0.05) is 13.8 Å². The van der Waals surface area contributed by atoms with Gasteiger partial charge in [-0.3, -0.25) is 4.79 Å². The molecular formula is C17H28N2O2. The Kier molecular flexibility index (Phi) is 5.85.